The second-order valence-corrected chi connectivity index (χ2v) is 6.29. The number of benzene rings is 1. The molecule has 1 aliphatic rings. The van der Waals surface area contributed by atoms with Crippen LogP contribution in [0.5, 0.6) is 0 Å². The molecule has 1 saturated heterocycles. The van der Waals surface area contributed by atoms with E-state index in [1.807, 2.05) is 4.90 Å². The monoisotopic (exact) mass is 346 g/mol. The van der Waals surface area contributed by atoms with E-state index in [0.717, 1.165) is 32.2 Å². The highest BCUT2D eigenvalue weighted by Crippen LogP contribution is 2.21. The number of anilines is 1. The molecule has 1 heterocycles. The van der Waals surface area contributed by atoms with Crippen molar-refractivity contribution in [3.63, 3.8) is 0 Å². The minimum absolute atomic E-state index is 0.0173. The zero-order valence-corrected chi connectivity index (χ0v) is 15.2. The zero-order chi connectivity index (χ0) is 18.4. The Morgan fingerprint density at radius 2 is 1.88 bits per heavy atom. The SMILES string of the molecule is CCC1CCCCN1C(=O)CN(C(C)=O)c1ccc(C(=O)OC)cc1. The third-order valence-electron chi connectivity index (χ3n) is 4.69. The van der Waals surface area contributed by atoms with Crippen molar-refractivity contribution in [2.24, 2.45) is 0 Å². The summed E-state index contributed by atoms with van der Waals surface area (Å²) in [5.74, 6) is -0.667. The first-order valence-electron chi connectivity index (χ1n) is 8.73. The van der Waals surface area contributed by atoms with Crippen LogP contribution in [-0.4, -0.2) is 48.9 Å². The Labute approximate surface area is 148 Å². The van der Waals surface area contributed by atoms with Crippen molar-refractivity contribution in [2.45, 2.75) is 45.6 Å². The van der Waals surface area contributed by atoms with E-state index in [4.69, 9.17) is 0 Å². The lowest BCUT2D eigenvalue weighted by Gasteiger charge is -2.36. The van der Waals surface area contributed by atoms with Crippen LogP contribution in [0.1, 0.15) is 49.9 Å². The molecule has 0 aliphatic carbocycles. The minimum atomic E-state index is -0.434. The third-order valence-corrected chi connectivity index (χ3v) is 4.69. The van der Waals surface area contributed by atoms with E-state index in [2.05, 4.69) is 11.7 Å². The number of piperidine rings is 1. The number of methoxy groups -OCH3 is 1. The molecule has 0 bridgehead atoms. The quantitative estimate of drug-likeness (QED) is 0.769. The number of hydrogen-bond acceptors (Lipinski definition) is 4. The van der Waals surface area contributed by atoms with E-state index >= 15 is 0 Å². The summed E-state index contributed by atoms with van der Waals surface area (Å²) in [7, 11) is 1.32. The number of nitrogens with zero attached hydrogens (tertiary/aromatic N) is 2. The molecular formula is C19H26N2O4. The van der Waals surface area contributed by atoms with Gasteiger partial charge in [0.15, 0.2) is 0 Å². The van der Waals surface area contributed by atoms with Gasteiger partial charge < -0.3 is 14.5 Å². The maximum absolute atomic E-state index is 12.7. The molecule has 0 spiro atoms. The van der Waals surface area contributed by atoms with Crippen LogP contribution in [0.4, 0.5) is 5.69 Å². The number of carbonyl (C=O) groups is 3. The number of amides is 2. The number of rotatable bonds is 5. The number of ether oxygens (including phenoxy) is 1. The second kappa shape index (κ2) is 8.65. The van der Waals surface area contributed by atoms with Gasteiger partial charge >= 0.3 is 5.97 Å². The van der Waals surface area contributed by atoms with Crippen LogP contribution in [0.15, 0.2) is 24.3 Å². The molecule has 136 valence electrons. The fourth-order valence-corrected chi connectivity index (χ4v) is 3.26. The molecule has 1 aliphatic heterocycles. The van der Waals surface area contributed by atoms with Gasteiger partial charge in [-0.2, -0.15) is 0 Å². The summed E-state index contributed by atoms with van der Waals surface area (Å²) in [6.45, 7) is 4.30. The van der Waals surface area contributed by atoms with Crippen LogP contribution in [0, 0.1) is 0 Å². The average Bonchev–Trinajstić information content (AvgIpc) is 2.65. The molecule has 1 unspecified atom stereocenters. The van der Waals surface area contributed by atoms with Gasteiger partial charge in [-0.1, -0.05) is 6.92 Å². The number of hydrogen-bond donors (Lipinski definition) is 0. The van der Waals surface area contributed by atoms with E-state index in [-0.39, 0.29) is 24.4 Å². The van der Waals surface area contributed by atoms with Crippen LogP contribution in [0.25, 0.3) is 0 Å². The van der Waals surface area contributed by atoms with E-state index in [1.54, 1.807) is 24.3 Å². The first-order chi connectivity index (χ1) is 12.0. The van der Waals surface area contributed by atoms with Crippen molar-refractivity contribution in [1.82, 2.24) is 4.90 Å². The lowest BCUT2D eigenvalue weighted by atomic mass is 10.00. The first kappa shape index (κ1) is 19.0. The highest BCUT2D eigenvalue weighted by molar-refractivity contribution is 5.98. The van der Waals surface area contributed by atoms with Gasteiger partial charge in [0.25, 0.3) is 0 Å². The summed E-state index contributed by atoms with van der Waals surface area (Å²) in [6, 6.07) is 6.77. The number of carbonyl (C=O) groups excluding carboxylic acids is 3. The van der Waals surface area contributed by atoms with Crippen LogP contribution in [0.2, 0.25) is 0 Å². The van der Waals surface area contributed by atoms with Crippen LogP contribution in [-0.2, 0) is 14.3 Å². The molecule has 0 radical (unpaired) electrons. The van der Waals surface area contributed by atoms with Gasteiger partial charge in [0, 0.05) is 25.2 Å². The minimum Gasteiger partial charge on any atom is -0.465 e. The van der Waals surface area contributed by atoms with Gasteiger partial charge in [-0.15, -0.1) is 0 Å². The highest BCUT2D eigenvalue weighted by atomic mass is 16.5. The molecule has 0 saturated carbocycles. The highest BCUT2D eigenvalue weighted by Gasteiger charge is 2.27. The van der Waals surface area contributed by atoms with Crippen LogP contribution < -0.4 is 4.90 Å². The van der Waals surface area contributed by atoms with Crippen molar-refractivity contribution in [1.29, 1.82) is 0 Å². The summed E-state index contributed by atoms with van der Waals surface area (Å²) < 4.78 is 4.67. The van der Waals surface area contributed by atoms with Gasteiger partial charge in [0.1, 0.15) is 6.54 Å². The van der Waals surface area contributed by atoms with Gasteiger partial charge in [-0.25, -0.2) is 4.79 Å². The van der Waals surface area contributed by atoms with E-state index < -0.39 is 5.97 Å². The lowest BCUT2D eigenvalue weighted by Crippen LogP contribution is -2.48. The largest absolute Gasteiger partial charge is 0.465 e. The van der Waals surface area contributed by atoms with Crippen LogP contribution >= 0.6 is 0 Å². The average molecular weight is 346 g/mol. The van der Waals surface area contributed by atoms with E-state index in [0.29, 0.717) is 11.3 Å². The third kappa shape index (κ3) is 4.59. The lowest BCUT2D eigenvalue weighted by molar-refractivity contribution is -0.134. The summed E-state index contributed by atoms with van der Waals surface area (Å²) in [6.07, 6.45) is 4.11. The van der Waals surface area contributed by atoms with Crippen molar-refractivity contribution >= 4 is 23.5 Å². The standard InChI is InChI=1S/C19H26N2O4/c1-4-16-7-5-6-12-20(16)18(23)13-21(14(2)22)17-10-8-15(9-11-17)19(24)25-3/h8-11,16H,4-7,12-13H2,1-3H3. The second-order valence-electron chi connectivity index (χ2n) is 6.29. The molecule has 1 atom stereocenters. The normalized spacial score (nSPS) is 17.1. The van der Waals surface area contributed by atoms with Crippen LogP contribution in [0.3, 0.4) is 0 Å². The Bertz CT molecular complexity index is 627. The smallest absolute Gasteiger partial charge is 0.337 e. The molecule has 6 nitrogen and oxygen atoms in total. The van der Waals surface area contributed by atoms with Crippen molar-refractivity contribution in [2.75, 3.05) is 25.1 Å². The Balaban J connectivity index is 2.13. The first-order valence-corrected chi connectivity index (χ1v) is 8.73. The summed E-state index contributed by atoms with van der Waals surface area (Å²) in [4.78, 5) is 39.7. The predicted molar refractivity (Wildman–Crippen MR) is 95.5 cm³/mol. The Morgan fingerprint density at radius 1 is 1.20 bits per heavy atom. The molecule has 1 fully saturated rings. The molecule has 2 rings (SSSR count). The topological polar surface area (TPSA) is 66.9 Å². The van der Waals surface area contributed by atoms with Crippen molar-refractivity contribution in [3.05, 3.63) is 29.8 Å². The van der Waals surface area contributed by atoms with Gasteiger partial charge in [-0.3, -0.25) is 9.59 Å². The fraction of sp³-hybridized carbons (Fsp3) is 0.526. The van der Waals surface area contributed by atoms with E-state index in [9.17, 15) is 14.4 Å². The summed E-state index contributed by atoms with van der Waals surface area (Å²) >= 11 is 0. The summed E-state index contributed by atoms with van der Waals surface area (Å²) in [5.41, 5.74) is 1.00. The maximum atomic E-state index is 12.7. The predicted octanol–water partition coefficient (Wildman–Crippen LogP) is 2.62. The van der Waals surface area contributed by atoms with Crippen molar-refractivity contribution in [3.8, 4) is 0 Å². The Morgan fingerprint density at radius 3 is 2.44 bits per heavy atom. The maximum Gasteiger partial charge on any atom is 0.337 e. The molecular weight excluding hydrogens is 320 g/mol. The molecule has 0 aromatic heterocycles. The molecule has 1 aromatic rings. The van der Waals surface area contributed by atoms with Gasteiger partial charge in [0.05, 0.1) is 12.7 Å². The Kier molecular flexibility index (Phi) is 6.56. The Hall–Kier alpha value is -2.37. The number of esters is 1. The molecule has 6 heteroatoms. The number of likely N-dealkylation sites (tertiary alicyclic amines) is 1. The molecule has 1 aromatic carbocycles. The molecule has 0 N–H and O–H groups in total. The van der Waals surface area contributed by atoms with Crippen molar-refractivity contribution < 1.29 is 19.1 Å². The fourth-order valence-electron chi connectivity index (χ4n) is 3.26. The molecule has 2 amide bonds. The summed E-state index contributed by atoms with van der Waals surface area (Å²) in [5, 5.41) is 0. The van der Waals surface area contributed by atoms with Gasteiger partial charge in [0.2, 0.25) is 11.8 Å². The van der Waals surface area contributed by atoms with E-state index in [1.165, 1.54) is 18.9 Å². The molecule has 25 heavy (non-hydrogen) atoms. The van der Waals surface area contributed by atoms with Gasteiger partial charge in [-0.05, 0) is 49.9 Å². The zero-order valence-electron chi connectivity index (χ0n) is 15.2.